The van der Waals surface area contributed by atoms with Crippen LogP contribution in [0.2, 0.25) is 0 Å². The van der Waals surface area contributed by atoms with Crippen molar-refractivity contribution in [2.45, 2.75) is 52.0 Å². The van der Waals surface area contributed by atoms with Gasteiger partial charge in [-0.1, -0.05) is 51.3 Å². The van der Waals surface area contributed by atoms with E-state index in [4.69, 9.17) is 9.72 Å². The third-order valence-electron chi connectivity index (χ3n) is 5.91. The Morgan fingerprint density at radius 3 is 2.59 bits per heavy atom. The molecule has 32 heavy (non-hydrogen) atoms. The molecule has 0 fully saturated rings. The third-order valence-corrected chi connectivity index (χ3v) is 5.91. The number of hydrogen-bond donors (Lipinski definition) is 0. The number of benzene rings is 2. The van der Waals surface area contributed by atoms with Gasteiger partial charge in [0, 0.05) is 19.2 Å². The zero-order valence-corrected chi connectivity index (χ0v) is 19.5. The normalized spacial score (nSPS) is 12.0. The molecule has 170 valence electrons. The number of rotatable bonds is 10. The minimum Gasteiger partial charge on any atom is -0.497 e. The highest BCUT2D eigenvalue weighted by molar-refractivity contribution is 5.95. The Bertz CT molecular complexity index is 1120. The largest absolute Gasteiger partial charge is 0.497 e. The maximum absolute atomic E-state index is 13.7. The molecule has 0 saturated carbocycles. The maximum atomic E-state index is 13.7. The van der Waals surface area contributed by atoms with E-state index >= 15 is 0 Å². The molecule has 0 N–H and O–H groups in total. The van der Waals surface area contributed by atoms with Gasteiger partial charge in [-0.25, -0.2) is 4.98 Å². The number of carbonyl (C=O) groups is 1. The van der Waals surface area contributed by atoms with Crippen molar-refractivity contribution in [2.24, 2.45) is 7.05 Å². The molecule has 2 aromatic carbocycles. The molecule has 3 rings (SSSR count). The van der Waals surface area contributed by atoms with Crippen LogP contribution in [0.5, 0.6) is 5.75 Å². The van der Waals surface area contributed by atoms with E-state index in [1.54, 1.807) is 30.9 Å². The van der Waals surface area contributed by atoms with E-state index in [0.29, 0.717) is 41.0 Å². The van der Waals surface area contributed by atoms with Gasteiger partial charge in [-0.05, 0) is 43.2 Å². The van der Waals surface area contributed by atoms with Crippen molar-refractivity contribution in [2.75, 3.05) is 13.7 Å². The summed E-state index contributed by atoms with van der Waals surface area (Å²) in [7, 11) is 3.33. The number of methoxy groups -OCH3 is 1. The molecule has 1 aromatic heterocycles. The van der Waals surface area contributed by atoms with Crippen LogP contribution in [0.15, 0.2) is 53.3 Å². The van der Waals surface area contributed by atoms with Crippen molar-refractivity contribution in [1.82, 2.24) is 14.5 Å². The Kier molecular flexibility index (Phi) is 8.03. The summed E-state index contributed by atoms with van der Waals surface area (Å²) in [6.45, 7) is 4.81. The van der Waals surface area contributed by atoms with Crippen molar-refractivity contribution < 1.29 is 9.53 Å². The first-order chi connectivity index (χ1) is 15.5. The number of carbonyl (C=O) groups excluding carboxylic acids is 1. The van der Waals surface area contributed by atoms with Gasteiger partial charge < -0.3 is 9.64 Å². The van der Waals surface area contributed by atoms with Gasteiger partial charge in [-0.2, -0.15) is 0 Å². The quantitative estimate of drug-likeness (QED) is 0.415. The van der Waals surface area contributed by atoms with Gasteiger partial charge in [0.25, 0.3) is 11.5 Å². The number of fused-ring (bicyclic) bond motifs is 1. The summed E-state index contributed by atoms with van der Waals surface area (Å²) in [5, 5.41) is 0.585. The summed E-state index contributed by atoms with van der Waals surface area (Å²) in [5.41, 5.74) is 1.14. The molecule has 1 atom stereocenters. The molecule has 3 aromatic rings. The summed E-state index contributed by atoms with van der Waals surface area (Å²) in [6, 6.07) is 14.3. The van der Waals surface area contributed by atoms with Gasteiger partial charge in [-0.3, -0.25) is 14.2 Å². The van der Waals surface area contributed by atoms with Gasteiger partial charge in [0.15, 0.2) is 0 Å². The lowest BCUT2D eigenvalue weighted by atomic mass is 10.1. The first kappa shape index (κ1) is 23.5. The third kappa shape index (κ3) is 5.01. The van der Waals surface area contributed by atoms with E-state index in [1.807, 2.05) is 48.2 Å². The van der Waals surface area contributed by atoms with E-state index in [0.717, 1.165) is 25.7 Å². The number of hydrogen-bond acceptors (Lipinski definition) is 4. The molecule has 1 heterocycles. The van der Waals surface area contributed by atoms with E-state index in [9.17, 15) is 9.59 Å². The minimum atomic E-state index is -0.308. The molecule has 1 amide bonds. The first-order valence-electron chi connectivity index (χ1n) is 11.4. The fourth-order valence-corrected chi connectivity index (χ4v) is 4.11. The Hall–Kier alpha value is -3.15. The molecule has 0 bridgehead atoms. The number of ether oxygens (including phenoxy) is 1. The summed E-state index contributed by atoms with van der Waals surface area (Å²) in [6.07, 6.45) is 4.87. The van der Waals surface area contributed by atoms with Crippen LogP contribution in [0, 0.1) is 0 Å². The lowest BCUT2D eigenvalue weighted by molar-refractivity contribution is 0.0653. The van der Waals surface area contributed by atoms with Gasteiger partial charge in [0.05, 0.1) is 24.1 Å². The van der Waals surface area contributed by atoms with Crippen LogP contribution < -0.4 is 10.3 Å². The van der Waals surface area contributed by atoms with Crippen molar-refractivity contribution >= 4 is 16.8 Å². The predicted octanol–water partition coefficient (Wildman–Crippen LogP) is 5.12. The Balaban J connectivity index is 2.05. The Morgan fingerprint density at radius 1 is 1.09 bits per heavy atom. The topological polar surface area (TPSA) is 64.4 Å². The second kappa shape index (κ2) is 10.9. The minimum absolute atomic E-state index is 0.0744. The van der Waals surface area contributed by atoms with Gasteiger partial charge in [0.1, 0.15) is 11.6 Å². The van der Waals surface area contributed by atoms with E-state index < -0.39 is 0 Å². The van der Waals surface area contributed by atoms with Crippen LogP contribution >= 0.6 is 0 Å². The van der Waals surface area contributed by atoms with Crippen molar-refractivity contribution in [3.8, 4) is 5.75 Å². The smallest absolute Gasteiger partial charge is 0.261 e. The maximum Gasteiger partial charge on any atom is 0.261 e. The average molecular weight is 436 g/mol. The zero-order chi connectivity index (χ0) is 23.1. The van der Waals surface area contributed by atoms with Crippen molar-refractivity contribution in [1.29, 1.82) is 0 Å². The SMILES string of the molecule is CCCCCCN(C(=O)c1cccc(OC)c1)C(CC)c1nc2ccccc2c(=O)n1C. The number of unbranched alkanes of at least 4 members (excludes halogenated alkanes) is 3. The molecular weight excluding hydrogens is 402 g/mol. The van der Waals surface area contributed by atoms with Gasteiger partial charge in [0.2, 0.25) is 0 Å². The lowest BCUT2D eigenvalue weighted by Crippen LogP contribution is -2.39. The van der Waals surface area contributed by atoms with Crippen LogP contribution in [-0.2, 0) is 7.05 Å². The standard InChI is InChI=1S/C26H33N3O3/c1-5-7-8-11-17-29(25(30)19-13-12-14-20(18-19)32-4)23(6-2)24-27-22-16-10-9-15-21(22)26(31)28(24)3/h9-10,12-16,18,23H,5-8,11,17H2,1-4H3. The van der Waals surface area contributed by atoms with E-state index in [1.165, 1.54) is 0 Å². The molecule has 0 aliphatic heterocycles. The van der Waals surface area contributed by atoms with E-state index in [2.05, 4.69) is 6.92 Å². The lowest BCUT2D eigenvalue weighted by Gasteiger charge is -2.32. The summed E-state index contributed by atoms with van der Waals surface area (Å²) in [5.74, 6) is 1.18. The molecular formula is C26H33N3O3. The molecule has 6 nitrogen and oxygen atoms in total. The monoisotopic (exact) mass is 435 g/mol. The number of nitrogens with zero attached hydrogens (tertiary/aromatic N) is 3. The second-order valence-corrected chi connectivity index (χ2v) is 8.07. The predicted molar refractivity (Wildman–Crippen MR) is 128 cm³/mol. The highest BCUT2D eigenvalue weighted by atomic mass is 16.5. The summed E-state index contributed by atoms with van der Waals surface area (Å²) in [4.78, 5) is 33.4. The Labute approximate surface area is 189 Å². The molecule has 0 spiro atoms. The van der Waals surface area contributed by atoms with Crippen LogP contribution in [-0.4, -0.2) is 34.0 Å². The van der Waals surface area contributed by atoms with E-state index in [-0.39, 0.29) is 17.5 Å². The second-order valence-electron chi connectivity index (χ2n) is 8.07. The highest BCUT2D eigenvalue weighted by Gasteiger charge is 2.28. The molecule has 0 saturated heterocycles. The molecule has 0 aliphatic rings. The van der Waals surface area contributed by atoms with Crippen LogP contribution in [0.3, 0.4) is 0 Å². The summed E-state index contributed by atoms with van der Waals surface area (Å²) >= 11 is 0. The van der Waals surface area contributed by atoms with Gasteiger partial charge >= 0.3 is 0 Å². The molecule has 6 heteroatoms. The van der Waals surface area contributed by atoms with Crippen LogP contribution in [0.1, 0.15) is 68.2 Å². The fraction of sp³-hybridized carbons (Fsp3) is 0.423. The zero-order valence-electron chi connectivity index (χ0n) is 19.5. The number of aromatic nitrogens is 2. The number of amides is 1. The molecule has 0 aliphatic carbocycles. The molecule has 1 unspecified atom stereocenters. The molecule has 0 radical (unpaired) electrons. The number of para-hydroxylation sites is 1. The first-order valence-corrected chi connectivity index (χ1v) is 11.4. The van der Waals surface area contributed by atoms with Crippen LogP contribution in [0.4, 0.5) is 0 Å². The van der Waals surface area contributed by atoms with Crippen molar-refractivity contribution in [3.05, 3.63) is 70.3 Å². The summed E-state index contributed by atoms with van der Waals surface area (Å²) < 4.78 is 6.92. The average Bonchev–Trinajstić information content (AvgIpc) is 2.83. The van der Waals surface area contributed by atoms with Crippen LogP contribution in [0.25, 0.3) is 10.9 Å². The van der Waals surface area contributed by atoms with Crippen molar-refractivity contribution in [3.63, 3.8) is 0 Å². The van der Waals surface area contributed by atoms with Gasteiger partial charge in [-0.15, -0.1) is 0 Å². The highest BCUT2D eigenvalue weighted by Crippen LogP contribution is 2.27. The fourth-order valence-electron chi connectivity index (χ4n) is 4.11. The Morgan fingerprint density at radius 2 is 1.88 bits per heavy atom.